The van der Waals surface area contributed by atoms with Gasteiger partial charge in [-0.25, -0.2) is 4.79 Å². The Morgan fingerprint density at radius 2 is 1.54 bits per heavy atom. The number of nitrogens with one attached hydrogen (secondary N) is 1. The number of ether oxygens (including phenoxy) is 1. The zero-order chi connectivity index (χ0) is 20.1. The third kappa shape index (κ3) is 6.04. The van der Waals surface area contributed by atoms with Crippen molar-refractivity contribution in [2.45, 2.75) is 72.1 Å². The number of aryl methyl sites for hydroxylation is 1. The molecule has 26 heavy (non-hydrogen) atoms. The number of hydrogen-bond donors (Lipinski definition) is 2. The third-order valence-electron chi connectivity index (χ3n) is 4.17. The summed E-state index contributed by atoms with van der Waals surface area (Å²) in [4.78, 5) is 22.8. The molecule has 0 fully saturated rings. The van der Waals surface area contributed by atoms with Crippen LogP contribution in [0.2, 0.25) is 0 Å². The van der Waals surface area contributed by atoms with Crippen LogP contribution >= 0.6 is 0 Å². The predicted octanol–water partition coefficient (Wildman–Crippen LogP) is 3.60. The van der Waals surface area contributed by atoms with E-state index in [1.807, 2.05) is 12.1 Å². The van der Waals surface area contributed by atoms with Gasteiger partial charge in [0.25, 0.3) is 0 Å². The van der Waals surface area contributed by atoms with Gasteiger partial charge in [0.15, 0.2) is 0 Å². The van der Waals surface area contributed by atoms with Crippen LogP contribution in [0.4, 0.5) is 0 Å². The highest BCUT2D eigenvalue weighted by Crippen LogP contribution is 2.39. The van der Waals surface area contributed by atoms with Gasteiger partial charge in [-0.15, -0.1) is 0 Å². The van der Waals surface area contributed by atoms with Crippen molar-refractivity contribution in [2.75, 3.05) is 13.2 Å². The standard InChI is InChI=1S/C21H33NO4/c1-8-26-19(25)18(24)22-11-9-10-14-12-15(20(2,3)4)17(23)16(13-14)21(5,6)7/h12-13,23H,8-11H2,1-7H3,(H,22,24). The molecule has 0 aliphatic heterocycles. The van der Waals surface area contributed by atoms with Gasteiger partial charge < -0.3 is 15.2 Å². The van der Waals surface area contributed by atoms with Crippen LogP contribution in [0.15, 0.2) is 12.1 Å². The fourth-order valence-corrected chi connectivity index (χ4v) is 2.75. The number of phenols is 1. The molecule has 5 heteroatoms. The second-order valence-corrected chi connectivity index (χ2v) is 8.62. The molecule has 0 aliphatic rings. The number of esters is 1. The highest BCUT2D eigenvalue weighted by molar-refractivity contribution is 6.32. The Labute approximate surface area is 157 Å². The van der Waals surface area contributed by atoms with Crippen molar-refractivity contribution >= 4 is 11.9 Å². The number of rotatable bonds is 5. The lowest BCUT2D eigenvalue weighted by molar-refractivity contribution is -0.154. The first kappa shape index (κ1) is 22.0. The van der Waals surface area contributed by atoms with Gasteiger partial charge in [-0.1, -0.05) is 53.7 Å². The zero-order valence-corrected chi connectivity index (χ0v) is 17.2. The van der Waals surface area contributed by atoms with Crippen LogP contribution in [-0.4, -0.2) is 30.1 Å². The number of carbonyl (C=O) groups is 2. The van der Waals surface area contributed by atoms with Crippen molar-refractivity contribution < 1.29 is 19.4 Å². The summed E-state index contributed by atoms with van der Waals surface area (Å²) < 4.78 is 4.66. The number of carbonyl (C=O) groups excluding carboxylic acids is 2. The van der Waals surface area contributed by atoms with Crippen LogP contribution in [0.25, 0.3) is 0 Å². The molecule has 0 bridgehead atoms. The molecule has 0 saturated carbocycles. The summed E-state index contributed by atoms with van der Waals surface area (Å²) in [6.07, 6.45) is 1.44. The lowest BCUT2D eigenvalue weighted by Crippen LogP contribution is -2.33. The molecule has 0 atom stereocenters. The summed E-state index contributed by atoms with van der Waals surface area (Å²) in [6, 6.07) is 4.08. The molecule has 1 aromatic rings. The van der Waals surface area contributed by atoms with Crippen LogP contribution in [0.3, 0.4) is 0 Å². The van der Waals surface area contributed by atoms with Crippen LogP contribution < -0.4 is 5.32 Å². The number of hydrogen-bond acceptors (Lipinski definition) is 4. The van der Waals surface area contributed by atoms with Gasteiger partial charge in [-0.3, -0.25) is 4.79 Å². The van der Waals surface area contributed by atoms with Crippen molar-refractivity contribution in [3.05, 3.63) is 28.8 Å². The van der Waals surface area contributed by atoms with Gasteiger partial charge in [0, 0.05) is 6.54 Å². The van der Waals surface area contributed by atoms with Gasteiger partial charge in [-0.05, 0) is 47.3 Å². The van der Waals surface area contributed by atoms with Crippen LogP contribution in [0.5, 0.6) is 5.75 Å². The Kier molecular flexibility index (Phi) is 7.25. The minimum Gasteiger partial charge on any atom is -0.507 e. The Morgan fingerprint density at radius 1 is 1.04 bits per heavy atom. The maximum atomic E-state index is 11.5. The SMILES string of the molecule is CCOC(=O)C(=O)NCCCc1cc(C(C)(C)C)c(O)c(C(C)(C)C)c1. The molecule has 0 saturated heterocycles. The fraction of sp³-hybridized carbons (Fsp3) is 0.619. The lowest BCUT2D eigenvalue weighted by Gasteiger charge is -2.28. The molecule has 0 heterocycles. The minimum absolute atomic E-state index is 0.168. The van der Waals surface area contributed by atoms with Gasteiger partial charge in [0.05, 0.1) is 6.61 Å². The highest BCUT2D eigenvalue weighted by Gasteiger charge is 2.26. The molecule has 0 aliphatic carbocycles. The molecule has 1 rings (SSSR count). The Morgan fingerprint density at radius 3 is 1.96 bits per heavy atom. The number of amides is 1. The number of benzene rings is 1. The maximum Gasteiger partial charge on any atom is 0.396 e. The fourth-order valence-electron chi connectivity index (χ4n) is 2.75. The Balaban J connectivity index is 2.87. The predicted molar refractivity (Wildman–Crippen MR) is 103 cm³/mol. The van der Waals surface area contributed by atoms with Gasteiger partial charge in [-0.2, -0.15) is 0 Å². The van der Waals surface area contributed by atoms with Gasteiger partial charge in [0.1, 0.15) is 5.75 Å². The largest absolute Gasteiger partial charge is 0.507 e. The molecular weight excluding hydrogens is 330 g/mol. The van der Waals surface area contributed by atoms with E-state index < -0.39 is 11.9 Å². The molecule has 0 unspecified atom stereocenters. The van der Waals surface area contributed by atoms with E-state index in [1.54, 1.807) is 6.92 Å². The molecule has 0 spiro atoms. The minimum atomic E-state index is -0.845. The summed E-state index contributed by atoms with van der Waals surface area (Å²) in [5.41, 5.74) is 2.63. The van der Waals surface area contributed by atoms with Crippen molar-refractivity contribution in [3.63, 3.8) is 0 Å². The Bertz CT molecular complexity index is 616. The number of phenolic OH excluding ortho intramolecular Hbond substituents is 1. The molecule has 2 N–H and O–H groups in total. The van der Waals surface area contributed by atoms with Crippen LogP contribution in [0, 0.1) is 0 Å². The van der Waals surface area contributed by atoms with E-state index in [0.717, 1.165) is 23.1 Å². The quantitative estimate of drug-likeness (QED) is 0.476. The summed E-state index contributed by atoms with van der Waals surface area (Å²) in [5, 5.41) is 13.3. The van der Waals surface area contributed by atoms with E-state index in [4.69, 9.17) is 0 Å². The summed E-state index contributed by atoms with van der Waals surface area (Å²) in [5.74, 6) is -1.19. The lowest BCUT2D eigenvalue weighted by atomic mass is 9.78. The molecule has 5 nitrogen and oxygen atoms in total. The van der Waals surface area contributed by atoms with E-state index >= 15 is 0 Å². The molecule has 1 amide bonds. The van der Waals surface area contributed by atoms with Crippen molar-refractivity contribution in [1.82, 2.24) is 5.32 Å². The summed E-state index contributed by atoms with van der Waals surface area (Å²) in [7, 11) is 0. The third-order valence-corrected chi connectivity index (χ3v) is 4.17. The monoisotopic (exact) mass is 363 g/mol. The van der Waals surface area contributed by atoms with Crippen molar-refractivity contribution in [2.24, 2.45) is 0 Å². The van der Waals surface area contributed by atoms with E-state index in [2.05, 4.69) is 51.6 Å². The van der Waals surface area contributed by atoms with E-state index in [1.165, 1.54) is 0 Å². The van der Waals surface area contributed by atoms with Crippen molar-refractivity contribution in [1.29, 1.82) is 0 Å². The average molecular weight is 363 g/mol. The van der Waals surface area contributed by atoms with Crippen LogP contribution in [0.1, 0.15) is 71.6 Å². The number of aromatic hydroxyl groups is 1. The average Bonchev–Trinajstić information content (AvgIpc) is 2.50. The summed E-state index contributed by atoms with van der Waals surface area (Å²) in [6.45, 7) is 14.7. The maximum absolute atomic E-state index is 11.5. The smallest absolute Gasteiger partial charge is 0.396 e. The van der Waals surface area contributed by atoms with E-state index in [9.17, 15) is 14.7 Å². The second-order valence-electron chi connectivity index (χ2n) is 8.62. The first-order valence-corrected chi connectivity index (χ1v) is 9.19. The van der Waals surface area contributed by atoms with Gasteiger partial charge in [0.2, 0.25) is 0 Å². The first-order valence-electron chi connectivity index (χ1n) is 9.19. The second kappa shape index (κ2) is 8.56. The van der Waals surface area contributed by atoms with E-state index in [-0.39, 0.29) is 17.4 Å². The van der Waals surface area contributed by atoms with Crippen LogP contribution in [-0.2, 0) is 31.6 Å². The molecular formula is C21H33NO4. The topological polar surface area (TPSA) is 75.6 Å². The van der Waals surface area contributed by atoms with Crippen molar-refractivity contribution in [3.8, 4) is 5.75 Å². The molecule has 0 aromatic heterocycles. The van der Waals surface area contributed by atoms with E-state index in [0.29, 0.717) is 18.7 Å². The normalized spacial score (nSPS) is 12.0. The van der Waals surface area contributed by atoms with Gasteiger partial charge >= 0.3 is 11.9 Å². The molecule has 0 radical (unpaired) electrons. The molecule has 146 valence electrons. The zero-order valence-electron chi connectivity index (χ0n) is 17.2. The highest BCUT2D eigenvalue weighted by atomic mass is 16.5. The summed E-state index contributed by atoms with van der Waals surface area (Å²) >= 11 is 0. The Hall–Kier alpha value is -2.04. The first-order chi connectivity index (χ1) is 11.9. The molecule has 1 aromatic carbocycles.